The van der Waals surface area contributed by atoms with Crippen LogP contribution in [-0.2, 0) is 10.0 Å². The maximum atomic E-state index is 13.6. The maximum absolute atomic E-state index is 13.6. The smallest absolute Gasteiger partial charge is 0.260 e. The molecule has 0 N–H and O–H groups in total. The summed E-state index contributed by atoms with van der Waals surface area (Å²) in [6, 6.07) is 12.3. The summed E-state index contributed by atoms with van der Waals surface area (Å²) in [7, 11) is -1.99. The summed E-state index contributed by atoms with van der Waals surface area (Å²) in [6.45, 7) is 11.7. The van der Waals surface area contributed by atoms with Crippen LogP contribution in [-0.4, -0.2) is 68.3 Å². The van der Waals surface area contributed by atoms with Crippen LogP contribution in [0.5, 0.6) is 0 Å². The van der Waals surface area contributed by atoms with E-state index in [2.05, 4.69) is 18.7 Å². The predicted octanol–water partition coefficient (Wildman–Crippen LogP) is 5.01. The fourth-order valence-corrected chi connectivity index (χ4v) is 6.14. The minimum atomic E-state index is -3.58. The third kappa shape index (κ3) is 6.27. The number of sulfonamides is 1. The van der Waals surface area contributed by atoms with Crippen molar-refractivity contribution >= 4 is 42.6 Å². The lowest BCUT2D eigenvalue weighted by atomic mass is 10.2. The summed E-state index contributed by atoms with van der Waals surface area (Å²) >= 11 is 1.50. The molecule has 0 fully saturated rings. The van der Waals surface area contributed by atoms with E-state index in [9.17, 15) is 13.2 Å². The summed E-state index contributed by atoms with van der Waals surface area (Å²) in [5.74, 6) is -0.183. The molecule has 0 radical (unpaired) electrons. The average molecular weight is 517 g/mol. The lowest BCUT2D eigenvalue weighted by Gasteiger charge is -2.25. The van der Waals surface area contributed by atoms with Gasteiger partial charge in [-0.2, -0.15) is 0 Å². The maximum Gasteiger partial charge on any atom is 0.260 e. The number of amides is 1. The lowest BCUT2D eigenvalue weighted by molar-refractivity contribution is 0.0983. The topological polar surface area (TPSA) is 73.8 Å². The van der Waals surface area contributed by atoms with Gasteiger partial charge in [0.15, 0.2) is 5.13 Å². The van der Waals surface area contributed by atoms with Crippen molar-refractivity contribution in [3.05, 3.63) is 53.6 Å². The number of nitrogens with zero attached hydrogens (tertiary/aromatic N) is 4. The molecule has 0 bridgehead atoms. The van der Waals surface area contributed by atoms with Crippen molar-refractivity contribution < 1.29 is 13.2 Å². The average Bonchev–Trinajstić information content (AvgIpc) is 3.30. The number of thiazole rings is 1. The SMILES string of the molecule is CCCCN(C)S(=O)(=O)c1ccc(C(=O)N(CCN(CC)CC)c2nc3c(C)cccc3s2)cc1. The number of aryl methyl sites for hydroxylation is 1. The van der Waals surface area contributed by atoms with E-state index in [1.807, 2.05) is 32.0 Å². The Bertz CT molecular complexity index is 1240. The highest BCUT2D eigenvalue weighted by molar-refractivity contribution is 7.89. The number of hydrogen-bond donors (Lipinski definition) is 0. The van der Waals surface area contributed by atoms with Crippen LogP contribution in [0, 0.1) is 6.92 Å². The van der Waals surface area contributed by atoms with E-state index in [1.54, 1.807) is 24.1 Å². The number of hydrogen-bond acceptors (Lipinski definition) is 6. The second-order valence-electron chi connectivity index (χ2n) is 8.61. The van der Waals surface area contributed by atoms with Crippen LogP contribution in [0.1, 0.15) is 49.5 Å². The monoisotopic (exact) mass is 516 g/mol. The Morgan fingerprint density at radius 2 is 1.66 bits per heavy atom. The Balaban J connectivity index is 1.91. The number of likely N-dealkylation sites (N-methyl/N-ethyl adjacent to an activating group) is 1. The van der Waals surface area contributed by atoms with Gasteiger partial charge in [0.2, 0.25) is 10.0 Å². The molecule has 1 heterocycles. The highest BCUT2D eigenvalue weighted by Crippen LogP contribution is 2.31. The first-order chi connectivity index (χ1) is 16.7. The summed E-state index contributed by atoms with van der Waals surface area (Å²) < 4.78 is 28.1. The van der Waals surface area contributed by atoms with E-state index in [-0.39, 0.29) is 10.8 Å². The summed E-state index contributed by atoms with van der Waals surface area (Å²) in [6.07, 6.45) is 1.72. The van der Waals surface area contributed by atoms with Gasteiger partial charge in [0.1, 0.15) is 0 Å². The summed E-state index contributed by atoms with van der Waals surface area (Å²) in [4.78, 5) is 22.6. The Kier molecular flexibility index (Phi) is 9.40. The number of carbonyl (C=O) groups excluding carboxylic acids is 1. The zero-order valence-corrected chi connectivity index (χ0v) is 23.0. The molecule has 3 rings (SSSR count). The second kappa shape index (κ2) is 12.1. The van der Waals surface area contributed by atoms with Gasteiger partial charge in [0, 0.05) is 32.2 Å². The number of rotatable bonds is 12. The van der Waals surface area contributed by atoms with Gasteiger partial charge in [-0.15, -0.1) is 0 Å². The molecule has 0 aliphatic heterocycles. The van der Waals surface area contributed by atoms with Crippen molar-refractivity contribution in [3.8, 4) is 0 Å². The molecule has 0 spiro atoms. The van der Waals surface area contributed by atoms with Crippen LogP contribution < -0.4 is 4.90 Å². The van der Waals surface area contributed by atoms with E-state index >= 15 is 0 Å². The number of fused-ring (bicyclic) bond motifs is 1. The first kappa shape index (κ1) is 27.3. The van der Waals surface area contributed by atoms with Crippen LogP contribution in [0.3, 0.4) is 0 Å². The number of anilines is 1. The molecule has 1 amide bonds. The first-order valence-corrected chi connectivity index (χ1v) is 14.4. The van der Waals surface area contributed by atoms with Crippen molar-refractivity contribution in [2.75, 3.05) is 44.7 Å². The number of benzene rings is 2. The molecule has 9 heteroatoms. The molecular formula is C26H36N4O3S2. The van der Waals surface area contributed by atoms with Crippen LogP contribution in [0.4, 0.5) is 5.13 Å². The molecule has 35 heavy (non-hydrogen) atoms. The minimum Gasteiger partial charge on any atom is -0.302 e. The molecule has 0 aliphatic rings. The van der Waals surface area contributed by atoms with Gasteiger partial charge in [-0.1, -0.05) is 50.7 Å². The fraction of sp³-hybridized carbons (Fsp3) is 0.462. The molecule has 0 saturated carbocycles. The van der Waals surface area contributed by atoms with Crippen molar-refractivity contribution in [1.29, 1.82) is 0 Å². The standard InChI is InChI=1S/C26H36N4O3S2/c1-6-9-17-28(5)35(32,33)22-15-13-21(14-16-22)25(31)30(19-18-29(7-2)8-3)26-27-24-20(4)11-10-12-23(24)34-26/h10-16H,6-9,17-19H2,1-5H3. The Morgan fingerprint density at radius 1 is 0.971 bits per heavy atom. The molecule has 0 atom stereocenters. The van der Waals surface area contributed by atoms with Crippen LogP contribution in [0.15, 0.2) is 47.4 Å². The number of carbonyl (C=O) groups is 1. The van der Waals surface area contributed by atoms with Crippen molar-refractivity contribution in [2.45, 2.75) is 45.4 Å². The molecule has 7 nitrogen and oxygen atoms in total. The molecule has 0 saturated heterocycles. The second-order valence-corrected chi connectivity index (χ2v) is 11.7. The van der Waals surface area contributed by atoms with E-state index in [0.29, 0.717) is 23.8 Å². The zero-order valence-electron chi connectivity index (χ0n) is 21.3. The first-order valence-electron chi connectivity index (χ1n) is 12.2. The fourth-order valence-electron chi connectivity index (χ4n) is 3.86. The molecule has 0 unspecified atom stereocenters. The quantitative estimate of drug-likeness (QED) is 0.338. The summed E-state index contributed by atoms with van der Waals surface area (Å²) in [5, 5.41) is 0.655. The molecule has 1 aromatic heterocycles. The number of para-hydroxylation sites is 1. The van der Waals surface area contributed by atoms with Crippen molar-refractivity contribution in [1.82, 2.24) is 14.2 Å². The van der Waals surface area contributed by atoms with Gasteiger partial charge >= 0.3 is 0 Å². The van der Waals surface area contributed by atoms with Crippen molar-refractivity contribution in [3.63, 3.8) is 0 Å². The van der Waals surface area contributed by atoms with E-state index in [4.69, 9.17) is 4.98 Å². The third-order valence-corrected chi connectivity index (χ3v) is 9.17. The largest absolute Gasteiger partial charge is 0.302 e. The van der Waals surface area contributed by atoms with Crippen LogP contribution in [0.25, 0.3) is 10.2 Å². The van der Waals surface area contributed by atoms with E-state index in [0.717, 1.165) is 48.3 Å². The van der Waals surface area contributed by atoms with Gasteiger partial charge in [-0.25, -0.2) is 17.7 Å². The molecule has 3 aromatic rings. The summed E-state index contributed by atoms with van der Waals surface area (Å²) in [5.41, 5.74) is 2.42. The molecule has 0 aliphatic carbocycles. The van der Waals surface area contributed by atoms with Gasteiger partial charge in [0.25, 0.3) is 5.91 Å². The van der Waals surface area contributed by atoms with Crippen molar-refractivity contribution in [2.24, 2.45) is 0 Å². The molecule has 2 aromatic carbocycles. The lowest BCUT2D eigenvalue weighted by Crippen LogP contribution is -2.38. The minimum absolute atomic E-state index is 0.183. The Labute approximate surface area is 213 Å². The Morgan fingerprint density at radius 3 is 2.26 bits per heavy atom. The van der Waals surface area contributed by atoms with Gasteiger partial charge in [-0.3, -0.25) is 9.69 Å². The highest BCUT2D eigenvalue weighted by Gasteiger charge is 2.24. The Hall–Kier alpha value is -2.33. The molecule has 190 valence electrons. The number of aromatic nitrogens is 1. The van der Waals surface area contributed by atoms with Gasteiger partial charge in [-0.05, 0) is 62.3 Å². The van der Waals surface area contributed by atoms with E-state index in [1.165, 1.54) is 27.8 Å². The third-order valence-electron chi connectivity index (χ3n) is 6.26. The number of unbranched alkanes of at least 4 members (excludes halogenated alkanes) is 1. The zero-order chi connectivity index (χ0) is 25.6. The van der Waals surface area contributed by atoms with E-state index < -0.39 is 10.0 Å². The van der Waals surface area contributed by atoms with Gasteiger partial charge < -0.3 is 4.90 Å². The predicted molar refractivity (Wildman–Crippen MR) is 145 cm³/mol. The highest BCUT2D eigenvalue weighted by atomic mass is 32.2. The van der Waals surface area contributed by atoms with Gasteiger partial charge in [0.05, 0.1) is 15.1 Å². The molecular weight excluding hydrogens is 480 g/mol. The normalized spacial score (nSPS) is 12.1. The van der Waals surface area contributed by atoms with Crippen LogP contribution >= 0.6 is 11.3 Å². The van der Waals surface area contributed by atoms with Crippen LogP contribution in [0.2, 0.25) is 0 Å².